The van der Waals surface area contributed by atoms with E-state index in [1.54, 1.807) is 12.3 Å². The van der Waals surface area contributed by atoms with Crippen molar-refractivity contribution < 1.29 is 18.3 Å². The number of halogens is 2. The van der Waals surface area contributed by atoms with E-state index in [-0.39, 0.29) is 39.4 Å². The summed E-state index contributed by atoms with van der Waals surface area (Å²) in [6.07, 6.45) is 9.33. The maximum atomic E-state index is 13.4. The molecule has 196 valence electrons. The average molecular weight is 540 g/mol. The SMILES string of the molecule is [2H]C([2H])([2H])c1c(-c2cc(O[C@H](CO)c3ccc(F)cn3)c3c(Cl)cnn3c2)nnn1C1CCN(C#N)C2(CCC2)C1. The number of ether oxygens (including phenoxy) is 1. The van der Waals surface area contributed by atoms with Gasteiger partial charge in [0.05, 0.1) is 47.0 Å². The van der Waals surface area contributed by atoms with Gasteiger partial charge >= 0.3 is 0 Å². The van der Waals surface area contributed by atoms with Crippen LogP contribution in [0.5, 0.6) is 5.75 Å². The van der Waals surface area contributed by atoms with Crippen LogP contribution >= 0.6 is 11.6 Å². The highest BCUT2D eigenvalue weighted by atomic mass is 35.5. The number of aromatic nitrogens is 6. The second kappa shape index (κ2) is 9.53. The minimum atomic E-state index is -2.55. The molecule has 1 saturated heterocycles. The number of pyridine rings is 2. The van der Waals surface area contributed by atoms with Crippen molar-refractivity contribution in [1.82, 2.24) is 34.5 Å². The monoisotopic (exact) mass is 539 g/mol. The van der Waals surface area contributed by atoms with E-state index in [2.05, 4.69) is 26.6 Å². The summed E-state index contributed by atoms with van der Waals surface area (Å²) in [6.45, 7) is -2.51. The summed E-state index contributed by atoms with van der Waals surface area (Å²) in [5, 5.41) is 32.9. The molecule has 6 rings (SSSR count). The Bertz CT molecular complexity index is 1630. The van der Waals surface area contributed by atoms with E-state index >= 15 is 0 Å². The van der Waals surface area contributed by atoms with Crippen LogP contribution in [0.3, 0.4) is 0 Å². The van der Waals surface area contributed by atoms with Crippen molar-refractivity contribution in [1.29, 1.82) is 5.26 Å². The van der Waals surface area contributed by atoms with Crippen molar-refractivity contribution in [2.45, 2.75) is 56.6 Å². The van der Waals surface area contributed by atoms with Gasteiger partial charge in [-0.2, -0.15) is 10.4 Å². The third-order valence-corrected chi connectivity index (χ3v) is 7.92. The Morgan fingerprint density at radius 2 is 2.26 bits per heavy atom. The average Bonchev–Trinajstić information content (AvgIpc) is 3.55. The van der Waals surface area contributed by atoms with Crippen molar-refractivity contribution in [3.63, 3.8) is 0 Å². The van der Waals surface area contributed by atoms with Crippen LogP contribution in [0.1, 0.15) is 59.8 Å². The lowest BCUT2D eigenvalue weighted by Gasteiger charge is -2.52. The smallest absolute Gasteiger partial charge is 0.179 e. The van der Waals surface area contributed by atoms with Gasteiger partial charge in [0.2, 0.25) is 0 Å². The molecule has 1 N–H and O–H groups in total. The first kappa shape index (κ1) is 21.2. The van der Waals surface area contributed by atoms with Gasteiger partial charge in [0, 0.05) is 22.4 Å². The Balaban J connectivity index is 1.42. The topological polar surface area (TPSA) is 117 Å². The number of hydrogen-bond donors (Lipinski definition) is 1. The standard InChI is InChI=1S/C26H26ClFN8O2/c1-16-24(32-33-36(16)19-5-8-34(15-29)26(10-19)6-2-7-26)17-9-22(25-20(27)12-31-35(25)13-17)38-23(14-37)21-4-3-18(28)11-30-21/h3-4,9,11-13,19,23,37H,2,5-8,10,14H2,1H3/t19?,23-/m1/s1/i1D3. The number of aliphatic hydroxyl groups excluding tert-OH is 1. The van der Waals surface area contributed by atoms with Crippen LogP contribution in [0.2, 0.25) is 5.02 Å². The molecule has 4 aromatic rings. The van der Waals surface area contributed by atoms with Gasteiger partial charge < -0.3 is 14.7 Å². The number of likely N-dealkylation sites (tertiary alicyclic amines) is 1. The van der Waals surface area contributed by atoms with Crippen LogP contribution in [0, 0.1) is 24.1 Å². The first-order valence-electron chi connectivity index (χ1n) is 13.8. The zero-order valence-electron chi connectivity index (χ0n) is 23.3. The lowest BCUT2D eigenvalue weighted by Crippen LogP contribution is -2.56. The Kier molecular flexibility index (Phi) is 5.32. The van der Waals surface area contributed by atoms with Gasteiger partial charge in [-0.05, 0) is 57.2 Å². The van der Waals surface area contributed by atoms with Gasteiger partial charge in [-0.1, -0.05) is 16.8 Å². The molecular formula is C26H26ClFN8O2. The lowest BCUT2D eigenvalue weighted by atomic mass is 9.69. The minimum absolute atomic E-state index is 0.0233. The van der Waals surface area contributed by atoms with Crippen molar-refractivity contribution >= 4 is 17.1 Å². The van der Waals surface area contributed by atoms with Gasteiger partial charge in [0.1, 0.15) is 22.8 Å². The quantitative estimate of drug-likeness (QED) is 0.361. The zero-order valence-corrected chi connectivity index (χ0v) is 21.0. The Morgan fingerprint density at radius 3 is 2.95 bits per heavy atom. The second-order valence-corrected chi connectivity index (χ2v) is 10.2. The van der Waals surface area contributed by atoms with Gasteiger partial charge in [0.25, 0.3) is 0 Å². The Morgan fingerprint density at radius 1 is 1.39 bits per heavy atom. The van der Waals surface area contributed by atoms with Gasteiger partial charge in [-0.25, -0.2) is 13.6 Å². The summed E-state index contributed by atoms with van der Waals surface area (Å²) in [4.78, 5) is 5.84. The molecule has 1 aliphatic heterocycles. The van der Waals surface area contributed by atoms with E-state index in [4.69, 9.17) is 20.5 Å². The largest absolute Gasteiger partial charge is 0.479 e. The van der Waals surface area contributed by atoms with E-state index in [1.807, 2.05) is 4.90 Å². The predicted octanol–water partition coefficient (Wildman–Crippen LogP) is 4.24. The molecule has 10 nitrogen and oxygen atoms in total. The van der Waals surface area contributed by atoms with Crippen LogP contribution in [-0.2, 0) is 0 Å². The molecule has 1 spiro atoms. The molecule has 4 aromatic heterocycles. The fraction of sp³-hybridized carbons (Fsp3) is 0.423. The third kappa shape index (κ3) is 4.04. The molecular weight excluding hydrogens is 511 g/mol. The number of fused-ring (bicyclic) bond motifs is 1. The molecule has 5 heterocycles. The van der Waals surface area contributed by atoms with Gasteiger partial charge in [0.15, 0.2) is 12.3 Å². The molecule has 0 aromatic carbocycles. The molecule has 0 bridgehead atoms. The van der Waals surface area contributed by atoms with Crippen molar-refractivity contribution in [2.24, 2.45) is 0 Å². The molecule has 1 unspecified atom stereocenters. The van der Waals surface area contributed by atoms with Gasteiger partial charge in [-0.3, -0.25) is 4.98 Å². The van der Waals surface area contributed by atoms with Crippen LogP contribution in [0.15, 0.2) is 36.8 Å². The summed E-state index contributed by atoms with van der Waals surface area (Å²) >= 11 is 6.41. The van der Waals surface area contributed by atoms with E-state index in [9.17, 15) is 14.8 Å². The summed E-state index contributed by atoms with van der Waals surface area (Å²) < 4.78 is 47.7. The zero-order chi connectivity index (χ0) is 28.9. The first-order chi connectivity index (χ1) is 19.6. The van der Waals surface area contributed by atoms with E-state index in [1.165, 1.54) is 27.5 Å². The first-order valence-corrected chi connectivity index (χ1v) is 12.7. The molecule has 2 aliphatic rings. The van der Waals surface area contributed by atoms with Crippen molar-refractivity contribution in [2.75, 3.05) is 13.2 Å². The minimum Gasteiger partial charge on any atom is -0.479 e. The number of piperidine rings is 1. The fourth-order valence-electron chi connectivity index (χ4n) is 5.52. The molecule has 2 atom stereocenters. The van der Waals surface area contributed by atoms with Crippen LogP contribution in [0.4, 0.5) is 4.39 Å². The number of nitrogens with zero attached hydrogens (tertiary/aromatic N) is 8. The Hall–Kier alpha value is -3.75. The van der Waals surface area contributed by atoms with Crippen molar-refractivity contribution in [3.8, 4) is 23.2 Å². The van der Waals surface area contributed by atoms with Crippen LogP contribution in [0.25, 0.3) is 16.8 Å². The molecule has 0 amide bonds. The Labute approximate surface area is 227 Å². The van der Waals surface area contributed by atoms with E-state index in [0.29, 0.717) is 30.5 Å². The van der Waals surface area contributed by atoms with Crippen LogP contribution in [-0.4, -0.2) is 58.3 Å². The highest BCUT2D eigenvalue weighted by Crippen LogP contribution is 2.47. The second-order valence-electron chi connectivity index (χ2n) is 9.78. The van der Waals surface area contributed by atoms with Crippen LogP contribution < -0.4 is 4.74 Å². The number of aliphatic hydroxyl groups is 1. The molecule has 2 fully saturated rings. The fourth-order valence-corrected chi connectivity index (χ4v) is 5.75. The summed E-state index contributed by atoms with van der Waals surface area (Å²) in [6, 6.07) is 3.95. The van der Waals surface area contributed by atoms with Crippen molar-refractivity contribution in [3.05, 3.63) is 59.0 Å². The maximum absolute atomic E-state index is 13.4. The molecule has 1 aliphatic carbocycles. The van der Waals surface area contributed by atoms with Gasteiger partial charge in [-0.15, -0.1) is 5.10 Å². The lowest BCUT2D eigenvalue weighted by molar-refractivity contribution is 0.00271. The van der Waals surface area contributed by atoms with E-state index in [0.717, 1.165) is 25.5 Å². The highest BCUT2D eigenvalue weighted by molar-refractivity contribution is 6.34. The maximum Gasteiger partial charge on any atom is 0.179 e. The molecule has 0 radical (unpaired) electrons. The summed E-state index contributed by atoms with van der Waals surface area (Å²) in [7, 11) is 0. The number of rotatable bonds is 6. The van der Waals surface area contributed by atoms with E-state index < -0.39 is 25.4 Å². The number of hydrogen-bond acceptors (Lipinski definition) is 8. The predicted molar refractivity (Wildman–Crippen MR) is 136 cm³/mol. The molecule has 1 saturated carbocycles. The summed E-state index contributed by atoms with van der Waals surface area (Å²) in [5.74, 6) is -0.340. The summed E-state index contributed by atoms with van der Waals surface area (Å²) in [5.41, 5.74) is 0.876. The third-order valence-electron chi connectivity index (χ3n) is 7.64. The molecule has 12 heteroatoms. The molecule has 38 heavy (non-hydrogen) atoms. The highest BCUT2D eigenvalue weighted by Gasteiger charge is 2.47. The number of nitriles is 1. The normalized spacial score (nSPS) is 20.8.